The molecule has 1 aromatic heterocycles. The summed E-state index contributed by atoms with van der Waals surface area (Å²) in [5.74, 6) is 1.85. The van der Waals surface area contributed by atoms with Crippen molar-refractivity contribution in [2.45, 2.75) is 25.3 Å². The first-order chi connectivity index (χ1) is 6.59. The number of pyridine rings is 1. The number of halogens is 1. The molecule has 0 radical (unpaired) electrons. The fourth-order valence-corrected chi connectivity index (χ4v) is 2.75. The number of nitrogens with zero attached hydrogens (tertiary/aromatic N) is 1. The Morgan fingerprint density at radius 3 is 2.86 bits per heavy atom. The molecule has 0 aliphatic carbocycles. The predicted molar refractivity (Wildman–Crippen MR) is 66.5 cm³/mol. The van der Waals surface area contributed by atoms with Gasteiger partial charge in [-0.05, 0) is 40.1 Å². The lowest BCUT2D eigenvalue weighted by molar-refractivity contribution is 0.632. The Morgan fingerprint density at radius 1 is 1.57 bits per heavy atom. The second-order valence-electron chi connectivity index (χ2n) is 3.59. The molecule has 0 amide bonds. The summed E-state index contributed by atoms with van der Waals surface area (Å²) in [6, 6.07) is 1.89. The summed E-state index contributed by atoms with van der Waals surface area (Å²) in [7, 11) is 0. The van der Waals surface area contributed by atoms with Gasteiger partial charge >= 0.3 is 0 Å². The number of anilines is 1. The van der Waals surface area contributed by atoms with Crippen molar-refractivity contribution in [2.24, 2.45) is 5.92 Å². The van der Waals surface area contributed by atoms with Crippen LogP contribution in [0.3, 0.4) is 0 Å². The fraction of sp³-hybridized carbons (Fsp3) is 0.500. The van der Waals surface area contributed by atoms with Gasteiger partial charge in [-0.15, -0.1) is 11.8 Å². The Morgan fingerprint density at radius 2 is 2.29 bits per heavy atom. The first kappa shape index (κ1) is 11.9. The SMILES string of the molecule is CC(C)CCSc1ncc(N)cc1Br. The van der Waals surface area contributed by atoms with E-state index in [4.69, 9.17) is 5.73 Å². The molecule has 1 rings (SSSR count). The highest BCUT2D eigenvalue weighted by Crippen LogP contribution is 2.27. The summed E-state index contributed by atoms with van der Waals surface area (Å²) in [6.07, 6.45) is 2.91. The zero-order chi connectivity index (χ0) is 10.6. The first-order valence-electron chi connectivity index (χ1n) is 4.63. The van der Waals surface area contributed by atoms with Gasteiger partial charge in [-0.25, -0.2) is 4.98 Å². The highest BCUT2D eigenvalue weighted by Gasteiger charge is 2.03. The molecular formula is C10H15BrN2S. The second kappa shape index (κ2) is 5.61. The number of rotatable bonds is 4. The minimum absolute atomic E-state index is 0.699. The van der Waals surface area contributed by atoms with Crippen LogP contribution in [0.15, 0.2) is 21.8 Å². The van der Waals surface area contributed by atoms with Gasteiger partial charge in [0.2, 0.25) is 0 Å². The molecule has 2 N–H and O–H groups in total. The summed E-state index contributed by atoms with van der Waals surface area (Å²) in [6.45, 7) is 4.46. The number of nitrogen functional groups attached to an aromatic ring is 1. The van der Waals surface area contributed by atoms with Crippen LogP contribution in [0.1, 0.15) is 20.3 Å². The van der Waals surface area contributed by atoms with Crippen LogP contribution in [0.5, 0.6) is 0 Å². The van der Waals surface area contributed by atoms with E-state index in [0.717, 1.165) is 21.2 Å². The van der Waals surface area contributed by atoms with Crippen molar-refractivity contribution in [1.29, 1.82) is 0 Å². The van der Waals surface area contributed by atoms with Crippen molar-refractivity contribution in [1.82, 2.24) is 4.98 Å². The summed E-state index contributed by atoms with van der Waals surface area (Å²) >= 11 is 5.22. The van der Waals surface area contributed by atoms with Crippen LogP contribution < -0.4 is 5.73 Å². The maximum absolute atomic E-state index is 5.60. The number of hydrogen-bond donors (Lipinski definition) is 1. The van der Waals surface area contributed by atoms with Gasteiger partial charge < -0.3 is 5.73 Å². The molecule has 78 valence electrons. The van der Waals surface area contributed by atoms with Gasteiger partial charge in [-0.3, -0.25) is 0 Å². The van der Waals surface area contributed by atoms with E-state index in [1.165, 1.54) is 6.42 Å². The molecule has 4 heteroatoms. The molecule has 0 aliphatic rings. The molecule has 0 fully saturated rings. The number of thioether (sulfide) groups is 1. The van der Waals surface area contributed by atoms with Crippen molar-refractivity contribution >= 4 is 33.4 Å². The average Bonchev–Trinajstić information content (AvgIpc) is 2.08. The summed E-state index contributed by atoms with van der Waals surface area (Å²) in [5, 5.41) is 1.03. The molecule has 0 bridgehead atoms. The maximum Gasteiger partial charge on any atom is 0.110 e. The Hall–Kier alpha value is -0.220. The van der Waals surface area contributed by atoms with E-state index < -0.39 is 0 Å². The van der Waals surface area contributed by atoms with E-state index in [1.807, 2.05) is 6.07 Å². The highest BCUT2D eigenvalue weighted by atomic mass is 79.9. The topological polar surface area (TPSA) is 38.9 Å². The molecule has 0 atom stereocenters. The van der Waals surface area contributed by atoms with E-state index in [0.29, 0.717) is 5.69 Å². The average molecular weight is 275 g/mol. The molecule has 0 spiro atoms. The standard InChI is InChI=1S/C10H15BrN2S/c1-7(2)3-4-14-10-9(11)5-8(12)6-13-10/h5-7H,3-4,12H2,1-2H3. The van der Waals surface area contributed by atoms with Crippen molar-refractivity contribution in [3.8, 4) is 0 Å². The van der Waals surface area contributed by atoms with Gasteiger partial charge in [-0.1, -0.05) is 13.8 Å². The highest BCUT2D eigenvalue weighted by molar-refractivity contribution is 9.10. The smallest absolute Gasteiger partial charge is 0.110 e. The third kappa shape index (κ3) is 3.88. The van der Waals surface area contributed by atoms with Crippen LogP contribution in [-0.2, 0) is 0 Å². The van der Waals surface area contributed by atoms with Gasteiger partial charge in [0.15, 0.2) is 0 Å². The molecule has 0 saturated heterocycles. The fourth-order valence-electron chi connectivity index (χ4n) is 0.938. The number of aromatic nitrogens is 1. The molecule has 0 aromatic carbocycles. The minimum Gasteiger partial charge on any atom is -0.397 e. The van der Waals surface area contributed by atoms with Crippen molar-refractivity contribution in [3.05, 3.63) is 16.7 Å². The zero-order valence-corrected chi connectivity index (χ0v) is 10.9. The molecule has 1 aromatic rings. The molecule has 0 unspecified atom stereocenters. The van der Waals surface area contributed by atoms with Crippen molar-refractivity contribution in [3.63, 3.8) is 0 Å². The van der Waals surface area contributed by atoms with Gasteiger partial charge in [0, 0.05) is 0 Å². The molecule has 0 saturated carbocycles. The Kier molecular flexibility index (Phi) is 4.75. The van der Waals surface area contributed by atoms with Crippen LogP contribution in [-0.4, -0.2) is 10.7 Å². The Labute approximate surface area is 97.8 Å². The number of hydrogen-bond acceptors (Lipinski definition) is 3. The monoisotopic (exact) mass is 274 g/mol. The van der Waals surface area contributed by atoms with Gasteiger partial charge in [0.25, 0.3) is 0 Å². The third-order valence-corrected chi connectivity index (χ3v) is 3.67. The van der Waals surface area contributed by atoms with E-state index >= 15 is 0 Å². The van der Waals surface area contributed by atoms with E-state index in [2.05, 4.69) is 34.8 Å². The quantitative estimate of drug-likeness (QED) is 0.854. The molecule has 2 nitrogen and oxygen atoms in total. The van der Waals surface area contributed by atoms with Crippen LogP contribution >= 0.6 is 27.7 Å². The lowest BCUT2D eigenvalue weighted by atomic mass is 10.2. The van der Waals surface area contributed by atoms with Crippen molar-refractivity contribution in [2.75, 3.05) is 11.5 Å². The summed E-state index contributed by atoms with van der Waals surface area (Å²) in [4.78, 5) is 4.27. The molecular weight excluding hydrogens is 260 g/mol. The third-order valence-electron chi connectivity index (χ3n) is 1.76. The van der Waals surface area contributed by atoms with E-state index in [-0.39, 0.29) is 0 Å². The van der Waals surface area contributed by atoms with Crippen LogP contribution in [0.4, 0.5) is 5.69 Å². The normalized spacial score (nSPS) is 10.9. The van der Waals surface area contributed by atoms with Crippen LogP contribution in [0.25, 0.3) is 0 Å². The van der Waals surface area contributed by atoms with Gasteiger partial charge in [0.1, 0.15) is 5.03 Å². The Balaban J connectivity index is 2.51. The lowest BCUT2D eigenvalue weighted by Gasteiger charge is -2.05. The van der Waals surface area contributed by atoms with E-state index in [9.17, 15) is 0 Å². The van der Waals surface area contributed by atoms with Gasteiger partial charge in [0.05, 0.1) is 16.4 Å². The predicted octanol–water partition coefficient (Wildman–Crippen LogP) is 3.56. The number of nitrogens with two attached hydrogens (primary N) is 1. The molecule has 14 heavy (non-hydrogen) atoms. The first-order valence-corrected chi connectivity index (χ1v) is 6.41. The van der Waals surface area contributed by atoms with Crippen LogP contribution in [0.2, 0.25) is 0 Å². The lowest BCUT2D eigenvalue weighted by Crippen LogP contribution is -1.92. The maximum atomic E-state index is 5.60. The molecule has 1 heterocycles. The van der Waals surface area contributed by atoms with Crippen molar-refractivity contribution < 1.29 is 0 Å². The minimum atomic E-state index is 0.699. The Bertz CT molecular complexity index is 302. The zero-order valence-electron chi connectivity index (χ0n) is 8.46. The van der Waals surface area contributed by atoms with Crippen LogP contribution in [0, 0.1) is 5.92 Å². The summed E-state index contributed by atoms with van der Waals surface area (Å²) < 4.78 is 0.992. The van der Waals surface area contributed by atoms with E-state index in [1.54, 1.807) is 18.0 Å². The summed E-state index contributed by atoms with van der Waals surface area (Å²) in [5.41, 5.74) is 6.30. The molecule has 0 aliphatic heterocycles. The second-order valence-corrected chi connectivity index (χ2v) is 5.52. The largest absolute Gasteiger partial charge is 0.397 e. The van der Waals surface area contributed by atoms with Gasteiger partial charge in [-0.2, -0.15) is 0 Å².